The van der Waals surface area contributed by atoms with Crippen molar-refractivity contribution >= 4 is 33.6 Å². The number of fused-ring (bicyclic) bond motifs is 1. The van der Waals surface area contributed by atoms with Crippen LogP contribution in [0.4, 0.5) is 5.95 Å². The fraction of sp³-hybridized carbons (Fsp3) is 0.200. The SMILES string of the molecule is Cc1nc2nc(N)nn2c(C)c1CC(=O)NCc1ccc(-c2ccc(Br)cc2)o1. The summed E-state index contributed by atoms with van der Waals surface area (Å²) in [6, 6.07) is 11.6. The van der Waals surface area contributed by atoms with Crippen LogP contribution < -0.4 is 11.1 Å². The molecule has 0 spiro atoms. The van der Waals surface area contributed by atoms with Crippen LogP contribution in [0.2, 0.25) is 0 Å². The smallest absolute Gasteiger partial charge is 0.254 e. The molecule has 0 saturated carbocycles. The average molecular weight is 455 g/mol. The lowest BCUT2D eigenvalue weighted by molar-refractivity contribution is -0.120. The van der Waals surface area contributed by atoms with Crippen molar-refractivity contribution in [3.8, 4) is 11.3 Å². The van der Waals surface area contributed by atoms with Crippen LogP contribution in [-0.2, 0) is 17.8 Å². The molecule has 0 atom stereocenters. The Hall–Kier alpha value is -3.20. The molecule has 0 fully saturated rings. The standard InChI is InChI=1S/C20H19BrN6O2/c1-11-16(12(2)27-20(24-11)25-19(22)26-27)9-18(28)23-10-15-7-8-17(29-15)13-3-5-14(21)6-4-13/h3-8H,9-10H2,1-2H3,(H2,22,26)(H,23,28). The number of rotatable bonds is 5. The Labute approximate surface area is 175 Å². The first kappa shape index (κ1) is 19.1. The molecule has 0 aliphatic rings. The van der Waals surface area contributed by atoms with E-state index in [9.17, 15) is 4.79 Å². The number of nitrogens with two attached hydrogens (primary N) is 1. The molecule has 0 bridgehead atoms. The van der Waals surface area contributed by atoms with E-state index in [1.165, 1.54) is 0 Å². The Morgan fingerprint density at radius 1 is 1.17 bits per heavy atom. The molecule has 0 aliphatic heterocycles. The van der Waals surface area contributed by atoms with Gasteiger partial charge in [-0.1, -0.05) is 28.1 Å². The van der Waals surface area contributed by atoms with E-state index in [2.05, 4.69) is 36.3 Å². The third-order valence-corrected chi connectivity index (χ3v) is 5.18. The zero-order valence-corrected chi connectivity index (χ0v) is 17.5. The van der Waals surface area contributed by atoms with Gasteiger partial charge in [-0.05, 0) is 38.1 Å². The highest BCUT2D eigenvalue weighted by molar-refractivity contribution is 9.10. The number of halogens is 1. The van der Waals surface area contributed by atoms with Crippen LogP contribution in [0.5, 0.6) is 0 Å². The molecule has 0 aliphatic carbocycles. The zero-order valence-electron chi connectivity index (χ0n) is 15.9. The molecule has 4 aromatic rings. The Bertz CT molecular complexity index is 1200. The highest BCUT2D eigenvalue weighted by Gasteiger charge is 2.16. The molecule has 0 saturated heterocycles. The quantitative estimate of drug-likeness (QED) is 0.478. The number of hydrogen-bond acceptors (Lipinski definition) is 6. The van der Waals surface area contributed by atoms with E-state index in [0.29, 0.717) is 18.1 Å². The van der Waals surface area contributed by atoms with Gasteiger partial charge in [-0.3, -0.25) is 4.79 Å². The number of carbonyl (C=O) groups is 1. The predicted molar refractivity (Wildman–Crippen MR) is 112 cm³/mol. The molecule has 3 heterocycles. The maximum Gasteiger partial charge on any atom is 0.254 e. The van der Waals surface area contributed by atoms with Gasteiger partial charge in [-0.2, -0.15) is 9.50 Å². The maximum atomic E-state index is 12.5. The Morgan fingerprint density at radius 2 is 1.93 bits per heavy atom. The van der Waals surface area contributed by atoms with Crippen LogP contribution >= 0.6 is 15.9 Å². The first-order chi connectivity index (χ1) is 13.9. The molecule has 3 N–H and O–H groups in total. The van der Waals surface area contributed by atoms with Crippen molar-refractivity contribution in [1.29, 1.82) is 0 Å². The van der Waals surface area contributed by atoms with Gasteiger partial charge >= 0.3 is 0 Å². The lowest BCUT2D eigenvalue weighted by atomic mass is 10.1. The molecule has 1 amide bonds. The second-order valence-corrected chi connectivity index (χ2v) is 7.59. The van der Waals surface area contributed by atoms with Gasteiger partial charge in [0.05, 0.1) is 13.0 Å². The number of anilines is 1. The number of benzene rings is 1. The van der Waals surface area contributed by atoms with Gasteiger partial charge in [0, 0.05) is 27.0 Å². The summed E-state index contributed by atoms with van der Waals surface area (Å²) in [6.45, 7) is 4.02. The van der Waals surface area contributed by atoms with Crippen LogP contribution in [0.1, 0.15) is 22.7 Å². The number of furan rings is 1. The number of aromatic nitrogens is 4. The summed E-state index contributed by atoms with van der Waals surface area (Å²) in [4.78, 5) is 20.9. The summed E-state index contributed by atoms with van der Waals surface area (Å²) in [5, 5.41) is 7.01. The van der Waals surface area contributed by atoms with Crippen molar-refractivity contribution in [2.45, 2.75) is 26.8 Å². The highest BCUT2D eigenvalue weighted by atomic mass is 79.9. The van der Waals surface area contributed by atoms with Gasteiger partial charge in [0.1, 0.15) is 11.5 Å². The van der Waals surface area contributed by atoms with E-state index in [1.807, 2.05) is 50.2 Å². The lowest BCUT2D eigenvalue weighted by Gasteiger charge is -2.10. The van der Waals surface area contributed by atoms with Crippen molar-refractivity contribution in [3.05, 3.63) is 63.6 Å². The Morgan fingerprint density at radius 3 is 2.69 bits per heavy atom. The zero-order chi connectivity index (χ0) is 20.5. The molecule has 0 unspecified atom stereocenters. The van der Waals surface area contributed by atoms with Gasteiger partial charge in [0.15, 0.2) is 0 Å². The minimum absolute atomic E-state index is 0.132. The second kappa shape index (κ2) is 7.67. The van der Waals surface area contributed by atoms with Crippen molar-refractivity contribution in [2.75, 3.05) is 5.73 Å². The number of nitrogen functional groups attached to an aromatic ring is 1. The number of carbonyl (C=O) groups excluding carboxylic acids is 1. The first-order valence-corrected chi connectivity index (χ1v) is 9.79. The minimum Gasteiger partial charge on any atom is -0.459 e. The summed E-state index contributed by atoms with van der Waals surface area (Å²) in [5.74, 6) is 1.89. The first-order valence-electron chi connectivity index (χ1n) is 9.00. The maximum absolute atomic E-state index is 12.5. The predicted octanol–water partition coefficient (Wildman–Crippen LogP) is 3.20. The van der Waals surface area contributed by atoms with E-state index in [-0.39, 0.29) is 18.3 Å². The largest absolute Gasteiger partial charge is 0.459 e. The van der Waals surface area contributed by atoms with Crippen molar-refractivity contribution in [1.82, 2.24) is 24.9 Å². The van der Waals surface area contributed by atoms with E-state index in [1.54, 1.807) is 4.52 Å². The molecule has 148 valence electrons. The number of amides is 1. The van der Waals surface area contributed by atoms with Crippen LogP contribution in [0.15, 0.2) is 45.3 Å². The number of nitrogens with one attached hydrogen (secondary N) is 1. The summed E-state index contributed by atoms with van der Waals surface area (Å²) >= 11 is 3.42. The van der Waals surface area contributed by atoms with Crippen molar-refractivity contribution in [2.24, 2.45) is 0 Å². The van der Waals surface area contributed by atoms with Gasteiger partial charge in [-0.25, -0.2) is 4.98 Å². The van der Waals surface area contributed by atoms with E-state index in [0.717, 1.165) is 32.7 Å². The fourth-order valence-electron chi connectivity index (χ4n) is 3.13. The highest BCUT2D eigenvalue weighted by Crippen LogP contribution is 2.24. The van der Waals surface area contributed by atoms with Crippen molar-refractivity contribution in [3.63, 3.8) is 0 Å². The summed E-state index contributed by atoms with van der Waals surface area (Å²) in [7, 11) is 0. The summed E-state index contributed by atoms with van der Waals surface area (Å²) in [6.07, 6.45) is 0.181. The van der Waals surface area contributed by atoms with Gasteiger partial charge in [-0.15, -0.1) is 5.10 Å². The lowest BCUT2D eigenvalue weighted by Crippen LogP contribution is -2.25. The monoisotopic (exact) mass is 454 g/mol. The molecule has 4 rings (SSSR count). The van der Waals surface area contributed by atoms with Crippen LogP contribution in [0.25, 0.3) is 17.1 Å². The van der Waals surface area contributed by atoms with E-state index < -0.39 is 0 Å². The fourth-order valence-corrected chi connectivity index (χ4v) is 3.39. The van der Waals surface area contributed by atoms with Gasteiger partial charge in [0.25, 0.3) is 5.78 Å². The molecule has 1 aromatic carbocycles. The molecular weight excluding hydrogens is 436 g/mol. The molecule has 9 heteroatoms. The van der Waals surface area contributed by atoms with Crippen LogP contribution in [0, 0.1) is 13.8 Å². The van der Waals surface area contributed by atoms with Crippen LogP contribution in [0.3, 0.4) is 0 Å². The Balaban J connectivity index is 1.43. The van der Waals surface area contributed by atoms with E-state index in [4.69, 9.17) is 10.2 Å². The summed E-state index contributed by atoms with van der Waals surface area (Å²) in [5.41, 5.74) is 8.95. The molecule has 8 nitrogen and oxygen atoms in total. The number of nitrogens with zero attached hydrogens (tertiary/aromatic N) is 4. The molecular formula is C20H19BrN6O2. The topological polar surface area (TPSA) is 111 Å². The third kappa shape index (κ3) is 4.00. The van der Waals surface area contributed by atoms with Gasteiger partial charge in [0.2, 0.25) is 11.9 Å². The summed E-state index contributed by atoms with van der Waals surface area (Å²) < 4.78 is 8.40. The number of aryl methyl sites for hydroxylation is 2. The average Bonchev–Trinajstić information content (AvgIpc) is 3.30. The number of hydrogen-bond donors (Lipinski definition) is 2. The third-order valence-electron chi connectivity index (χ3n) is 4.65. The van der Waals surface area contributed by atoms with Crippen LogP contribution in [-0.4, -0.2) is 25.5 Å². The van der Waals surface area contributed by atoms with Crippen molar-refractivity contribution < 1.29 is 9.21 Å². The molecule has 29 heavy (non-hydrogen) atoms. The Kier molecular flexibility index (Phi) is 5.06. The minimum atomic E-state index is -0.132. The molecule has 0 radical (unpaired) electrons. The van der Waals surface area contributed by atoms with Gasteiger partial charge < -0.3 is 15.5 Å². The van der Waals surface area contributed by atoms with E-state index >= 15 is 0 Å². The second-order valence-electron chi connectivity index (χ2n) is 6.67. The normalized spacial score (nSPS) is 11.1. The molecule has 3 aromatic heterocycles.